The Kier molecular flexibility index (Phi) is 40.9. The molecule has 0 heterocycles. The first-order chi connectivity index (χ1) is 29.4. The van der Waals surface area contributed by atoms with Crippen LogP contribution in [-0.4, -0.2) is 81.2 Å². The monoisotopic (exact) mass is 884 g/mol. The molecule has 0 spiro atoms. The van der Waals surface area contributed by atoms with Gasteiger partial charge in [-0.1, -0.05) is 204 Å². The molecule has 0 aromatic rings. The molecule has 3 atom stereocenters. The molecular formula is C50H94NO9P. The Hall–Kier alpha value is -1.81. The Bertz CT molecular complexity index is 1150. The SMILES string of the molecule is CC/C=C/C/C=C/C=C/C(O)CCCCCCCC(=O)O[C@H](COC(=O)CCCCCCCCCCCCCCCCCCCCCCC)COP(=O)([O-])OCC[N+](C)(C)C. The van der Waals surface area contributed by atoms with Crippen LogP contribution in [0.5, 0.6) is 0 Å². The Morgan fingerprint density at radius 1 is 0.607 bits per heavy atom. The highest BCUT2D eigenvalue weighted by atomic mass is 31.2. The fourth-order valence-electron chi connectivity index (χ4n) is 6.90. The summed E-state index contributed by atoms with van der Waals surface area (Å²) in [6.45, 7) is 4.01. The summed E-state index contributed by atoms with van der Waals surface area (Å²) in [7, 11) is 1.11. The maximum Gasteiger partial charge on any atom is 0.306 e. The molecule has 1 N–H and O–H groups in total. The van der Waals surface area contributed by atoms with Gasteiger partial charge in [-0.05, 0) is 32.1 Å². The first kappa shape index (κ1) is 59.2. The number of nitrogens with zero attached hydrogens (tertiary/aromatic N) is 1. The van der Waals surface area contributed by atoms with E-state index in [1.54, 1.807) is 6.08 Å². The second-order valence-corrected chi connectivity index (χ2v) is 19.4. The molecule has 0 aliphatic heterocycles. The lowest BCUT2D eigenvalue weighted by Gasteiger charge is -2.28. The molecule has 0 fully saturated rings. The second-order valence-electron chi connectivity index (χ2n) is 18.0. The van der Waals surface area contributed by atoms with E-state index in [9.17, 15) is 24.2 Å². The number of carbonyl (C=O) groups excluding carboxylic acids is 2. The molecule has 0 saturated carbocycles. The standard InChI is InChI=1S/C50H94NO9P/c1-6-8-10-12-14-15-16-17-18-19-20-21-22-23-24-25-26-27-29-33-37-41-49(53)57-45-48(46-59-61(55,56)58-44-43-51(3,4)5)60-50(54)42-38-34-30-32-36-40-47(52)39-35-31-28-13-11-9-7-2/h9,11,28,31,35,39,47-48,52H,6-8,10,12-27,29-30,32-34,36-38,40-46H2,1-5H3/b11-9+,31-28+,39-35+/t47?,48-/m1/s1. The first-order valence-electron chi connectivity index (χ1n) is 24.8. The Balaban J connectivity index is 4.29. The van der Waals surface area contributed by atoms with Crippen LogP contribution in [0, 0.1) is 0 Å². The molecule has 61 heavy (non-hydrogen) atoms. The largest absolute Gasteiger partial charge is 0.756 e. The summed E-state index contributed by atoms with van der Waals surface area (Å²) in [6, 6.07) is 0. The van der Waals surface area contributed by atoms with Gasteiger partial charge in [0.15, 0.2) is 6.10 Å². The number of unbranched alkanes of at least 4 members (excludes halogenated alkanes) is 24. The van der Waals surface area contributed by atoms with E-state index in [1.165, 1.54) is 116 Å². The second kappa shape index (κ2) is 42.2. The highest BCUT2D eigenvalue weighted by Crippen LogP contribution is 2.38. The minimum Gasteiger partial charge on any atom is -0.756 e. The molecule has 0 aromatic heterocycles. The summed E-state index contributed by atoms with van der Waals surface area (Å²) >= 11 is 0. The Morgan fingerprint density at radius 3 is 1.57 bits per heavy atom. The maximum absolute atomic E-state index is 12.7. The molecule has 0 bridgehead atoms. The van der Waals surface area contributed by atoms with E-state index in [0.717, 1.165) is 57.8 Å². The summed E-state index contributed by atoms with van der Waals surface area (Å²) in [6.07, 6.45) is 44.8. The number of ether oxygens (including phenoxy) is 2. The zero-order chi connectivity index (χ0) is 45.1. The zero-order valence-electron chi connectivity index (χ0n) is 40.0. The normalized spacial score (nSPS) is 14.3. The third-order valence-corrected chi connectivity index (χ3v) is 11.7. The van der Waals surface area contributed by atoms with Crippen LogP contribution >= 0.6 is 7.82 Å². The number of rotatable bonds is 45. The molecule has 0 saturated heterocycles. The van der Waals surface area contributed by atoms with E-state index in [-0.39, 0.29) is 26.1 Å². The van der Waals surface area contributed by atoms with Gasteiger partial charge in [0.25, 0.3) is 7.82 Å². The van der Waals surface area contributed by atoms with E-state index in [0.29, 0.717) is 23.9 Å². The number of phosphoric ester groups is 1. The fourth-order valence-corrected chi connectivity index (χ4v) is 7.63. The number of hydrogen-bond acceptors (Lipinski definition) is 9. The third-order valence-electron chi connectivity index (χ3n) is 10.8. The number of carbonyl (C=O) groups is 2. The Labute approximate surface area is 374 Å². The molecule has 358 valence electrons. The number of likely N-dealkylation sites (N-methyl/N-ethyl adjacent to an activating group) is 1. The maximum atomic E-state index is 12.7. The van der Waals surface area contributed by atoms with Gasteiger partial charge < -0.3 is 33.0 Å². The number of hydrogen-bond donors (Lipinski definition) is 1. The number of esters is 2. The van der Waals surface area contributed by atoms with Gasteiger partial charge in [-0.15, -0.1) is 0 Å². The molecule has 0 amide bonds. The van der Waals surface area contributed by atoms with E-state index < -0.39 is 38.6 Å². The first-order valence-corrected chi connectivity index (χ1v) is 26.3. The van der Waals surface area contributed by atoms with Crippen molar-refractivity contribution in [2.24, 2.45) is 0 Å². The van der Waals surface area contributed by atoms with Gasteiger partial charge in [0, 0.05) is 12.8 Å². The van der Waals surface area contributed by atoms with Gasteiger partial charge >= 0.3 is 11.9 Å². The molecule has 0 aliphatic rings. The Morgan fingerprint density at radius 2 is 1.08 bits per heavy atom. The van der Waals surface area contributed by atoms with Crippen LogP contribution < -0.4 is 4.89 Å². The van der Waals surface area contributed by atoms with Gasteiger partial charge in [0.2, 0.25) is 0 Å². The van der Waals surface area contributed by atoms with Crippen LogP contribution in [0.4, 0.5) is 0 Å². The van der Waals surface area contributed by atoms with Crippen LogP contribution in [0.2, 0.25) is 0 Å². The summed E-state index contributed by atoms with van der Waals surface area (Å²) in [5.74, 6) is -0.903. The van der Waals surface area contributed by atoms with Gasteiger partial charge in [0.05, 0.1) is 33.9 Å². The van der Waals surface area contributed by atoms with E-state index in [4.69, 9.17) is 18.5 Å². The summed E-state index contributed by atoms with van der Waals surface area (Å²) in [5, 5.41) is 10.2. The molecule has 10 nitrogen and oxygen atoms in total. The van der Waals surface area contributed by atoms with Gasteiger partial charge in [-0.2, -0.15) is 0 Å². The van der Waals surface area contributed by atoms with Gasteiger partial charge in [0.1, 0.15) is 19.8 Å². The van der Waals surface area contributed by atoms with Crippen molar-refractivity contribution in [2.75, 3.05) is 47.5 Å². The van der Waals surface area contributed by atoms with E-state index in [2.05, 4.69) is 32.1 Å². The smallest absolute Gasteiger partial charge is 0.306 e. The van der Waals surface area contributed by atoms with Crippen molar-refractivity contribution in [2.45, 2.75) is 225 Å². The van der Waals surface area contributed by atoms with Crippen LogP contribution in [0.25, 0.3) is 0 Å². The van der Waals surface area contributed by atoms with Crippen LogP contribution in [0.1, 0.15) is 213 Å². The van der Waals surface area contributed by atoms with Gasteiger partial charge in [-0.25, -0.2) is 0 Å². The van der Waals surface area contributed by atoms with Crippen molar-refractivity contribution < 1.29 is 47.2 Å². The lowest BCUT2D eigenvalue weighted by molar-refractivity contribution is -0.870. The molecule has 0 aromatic carbocycles. The van der Waals surface area contributed by atoms with Crippen molar-refractivity contribution in [3.05, 3.63) is 36.5 Å². The van der Waals surface area contributed by atoms with Crippen molar-refractivity contribution in [1.82, 2.24) is 0 Å². The molecule has 0 rings (SSSR count). The zero-order valence-corrected chi connectivity index (χ0v) is 40.9. The number of quaternary nitrogens is 1. The number of phosphoric acid groups is 1. The van der Waals surface area contributed by atoms with Crippen molar-refractivity contribution in [3.8, 4) is 0 Å². The molecular weight excluding hydrogens is 790 g/mol. The van der Waals surface area contributed by atoms with Crippen molar-refractivity contribution >= 4 is 19.8 Å². The predicted octanol–water partition coefficient (Wildman–Crippen LogP) is 12.8. The van der Waals surface area contributed by atoms with Gasteiger partial charge in [-0.3, -0.25) is 14.2 Å². The lowest BCUT2D eigenvalue weighted by Crippen LogP contribution is -2.37. The van der Waals surface area contributed by atoms with Crippen LogP contribution in [-0.2, 0) is 32.7 Å². The van der Waals surface area contributed by atoms with Crippen molar-refractivity contribution in [3.63, 3.8) is 0 Å². The predicted molar refractivity (Wildman–Crippen MR) is 251 cm³/mol. The van der Waals surface area contributed by atoms with Crippen LogP contribution in [0.15, 0.2) is 36.5 Å². The quantitative estimate of drug-likeness (QED) is 0.0159. The number of allylic oxidation sites excluding steroid dienone is 5. The minimum absolute atomic E-state index is 0.0482. The highest BCUT2D eigenvalue weighted by molar-refractivity contribution is 7.45. The summed E-state index contributed by atoms with van der Waals surface area (Å²) in [5.41, 5.74) is 0. The molecule has 11 heteroatoms. The summed E-state index contributed by atoms with van der Waals surface area (Å²) in [4.78, 5) is 37.7. The third kappa shape index (κ3) is 46.0. The molecule has 0 radical (unpaired) electrons. The summed E-state index contributed by atoms with van der Waals surface area (Å²) < 4.78 is 33.9. The highest BCUT2D eigenvalue weighted by Gasteiger charge is 2.21. The average Bonchev–Trinajstić information content (AvgIpc) is 3.21. The van der Waals surface area contributed by atoms with Crippen LogP contribution in [0.3, 0.4) is 0 Å². The number of aliphatic hydroxyl groups excluding tert-OH is 1. The average molecular weight is 884 g/mol. The van der Waals surface area contributed by atoms with Crippen molar-refractivity contribution in [1.29, 1.82) is 0 Å². The topological polar surface area (TPSA) is 131 Å². The molecule has 0 aliphatic carbocycles. The molecule has 2 unspecified atom stereocenters. The lowest BCUT2D eigenvalue weighted by atomic mass is 10.0. The minimum atomic E-state index is -4.65. The van der Waals surface area contributed by atoms with E-state index in [1.807, 2.05) is 33.3 Å². The fraction of sp³-hybridized carbons (Fsp3) is 0.840. The van der Waals surface area contributed by atoms with E-state index >= 15 is 0 Å². The number of aliphatic hydroxyl groups is 1.